The van der Waals surface area contributed by atoms with Crippen LogP contribution in [-0.2, 0) is 16.0 Å². The molecule has 0 unspecified atom stereocenters. The predicted molar refractivity (Wildman–Crippen MR) is 141 cm³/mol. The Kier molecular flexibility index (Phi) is 8.08. The van der Waals surface area contributed by atoms with Gasteiger partial charge in [0.1, 0.15) is 24.7 Å². The molecule has 2 amide bonds. The van der Waals surface area contributed by atoms with E-state index in [1.807, 2.05) is 11.4 Å². The van der Waals surface area contributed by atoms with Gasteiger partial charge in [0.15, 0.2) is 0 Å². The van der Waals surface area contributed by atoms with E-state index in [4.69, 9.17) is 21.1 Å². The highest BCUT2D eigenvalue weighted by molar-refractivity contribution is 7.10. The lowest BCUT2D eigenvalue weighted by Gasteiger charge is -2.37. The third-order valence-electron chi connectivity index (χ3n) is 6.77. The van der Waals surface area contributed by atoms with Crippen molar-refractivity contribution < 1.29 is 23.5 Å². The van der Waals surface area contributed by atoms with Gasteiger partial charge in [0.25, 0.3) is 5.91 Å². The standard InChI is InChI=1S/C28H28ClFN2O4S/c29-20-6-8-22(9-7-20)36-18-25-24-11-14-37-26(24)10-12-32(25)27(33)17-31(16-23-5-2-13-35-23)28(34)19-3-1-4-21(30)15-19/h1,3-4,6-9,11,14-15,23,25H,2,5,10,12-13,16-18H2/t23-,25-/m1/s1. The molecule has 1 saturated heterocycles. The minimum atomic E-state index is -0.491. The second kappa shape index (κ2) is 11.6. The third-order valence-corrected chi connectivity index (χ3v) is 8.02. The Labute approximate surface area is 224 Å². The molecule has 2 atom stereocenters. The van der Waals surface area contributed by atoms with E-state index in [1.165, 1.54) is 28.0 Å². The Hall–Kier alpha value is -2.94. The van der Waals surface area contributed by atoms with E-state index in [2.05, 4.69) is 0 Å². The van der Waals surface area contributed by atoms with Crippen LogP contribution in [0.4, 0.5) is 4.39 Å². The van der Waals surface area contributed by atoms with Crippen LogP contribution in [0.1, 0.15) is 39.7 Å². The van der Waals surface area contributed by atoms with Crippen LogP contribution in [0.5, 0.6) is 5.75 Å². The number of hydrogen-bond acceptors (Lipinski definition) is 5. The summed E-state index contributed by atoms with van der Waals surface area (Å²) in [5.74, 6) is -0.384. The number of benzene rings is 2. The summed E-state index contributed by atoms with van der Waals surface area (Å²) in [5.41, 5.74) is 1.29. The third kappa shape index (κ3) is 6.14. The Balaban J connectivity index is 1.35. The lowest BCUT2D eigenvalue weighted by atomic mass is 10.00. The van der Waals surface area contributed by atoms with Gasteiger partial charge in [0.2, 0.25) is 5.91 Å². The minimum Gasteiger partial charge on any atom is -0.491 e. The van der Waals surface area contributed by atoms with E-state index in [9.17, 15) is 14.0 Å². The average Bonchev–Trinajstić information content (AvgIpc) is 3.59. The second-order valence-electron chi connectivity index (χ2n) is 9.25. The van der Waals surface area contributed by atoms with Crippen LogP contribution in [0.25, 0.3) is 0 Å². The van der Waals surface area contributed by atoms with Gasteiger partial charge in [-0.2, -0.15) is 0 Å². The lowest BCUT2D eigenvalue weighted by Crippen LogP contribution is -2.49. The van der Waals surface area contributed by atoms with Gasteiger partial charge in [-0.05, 0) is 78.7 Å². The normalized spacial score (nSPS) is 18.9. The number of carbonyl (C=O) groups is 2. The molecule has 37 heavy (non-hydrogen) atoms. The molecule has 9 heteroatoms. The summed E-state index contributed by atoms with van der Waals surface area (Å²) in [6.07, 6.45) is 2.34. The number of rotatable bonds is 8. The minimum absolute atomic E-state index is 0.119. The molecule has 1 fully saturated rings. The zero-order valence-corrected chi connectivity index (χ0v) is 21.8. The number of ether oxygens (including phenoxy) is 2. The molecule has 0 aliphatic carbocycles. The Morgan fingerprint density at radius 2 is 2.03 bits per heavy atom. The predicted octanol–water partition coefficient (Wildman–Crippen LogP) is 5.37. The van der Waals surface area contributed by atoms with Gasteiger partial charge in [-0.25, -0.2) is 4.39 Å². The number of nitrogens with zero attached hydrogens (tertiary/aromatic N) is 2. The zero-order valence-electron chi connectivity index (χ0n) is 20.3. The highest BCUT2D eigenvalue weighted by atomic mass is 35.5. The molecule has 0 radical (unpaired) electrons. The number of amides is 2. The van der Waals surface area contributed by atoms with Crippen molar-refractivity contribution in [3.05, 3.63) is 86.8 Å². The molecule has 0 saturated carbocycles. The van der Waals surface area contributed by atoms with Gasteiger partial charge in [-0.3, -0.25) is 9.59 Å². The van der Waals surface area contributed by atoms with Crippen molar-refractivity contribution >= 4 is 34.8 Å². The van der Waals surface area contributed by atoms with Crippen molar-refractivity contribution in [1.29, 1.82) is 0 Å². The van der Waals surface area contributed by atoms with Crippen molar-refractivity contribution in [1.82, 2.24) is 9.80 Å². The van der Waals surface area contributed by atoms with Gasteiger partial charge < -0.3 is 19.3 Å². The van der Waals surface area contributed by atoms with Gasteiger partial charge in [0.05, 0.1) is 12.1 Å². The van der Waals surface area contributed by atoms with Crippen molar-refractivity contribution in [3.8, 4) is 5.75 Å². The van der Waals surface area contributed by atoms with Crippen LogP contribution in [0.3, 0.4) is 0 Å². The molecule has 6 nitrogen and oxygen atoms in total. The molecule has 1 aromatic heterocycles. The fourth-order valence-electron chi connectivity index (χ4n) is 4.89. The van der Waals surface area contributed by atoms with E-state index in [1.54, 1.807) is 46.6 Å². The molecule has 3 heterocycles. The molecule has 0 bridgehead atoms. The molecule has 3 aromatic rings. The van der Waals surface area contributed by atoms with Crippen LogP contribution in [-0.4, -0.2) is 60.6 Å². The number of hydrogen-bond donors (Lipinski definition) is 0. The van der Waals surface area contributed by atoms with Crippen LogP contribution in [0.2, 0.25) is 5.02 Å². The van der Waals surface area contributed by atoms with Gasteiger partial charge in [0, 0.05) is 35.2 Å². The molecule has 2 aliphatic heterocycles. The number of carbonyl (C=O) groups excluding carboxylic acids is 2. The first kappa shape index (κ1) is 25.7. The maximum absolute atomic E-state index is 13.9. The van der Waals surface area contributed by atoms with Crippen LogP contribution < -0.4 is 4.74 Å². The summed E-state index contributed by atoms with van der Waals surface area (Å²) in [7, 11) is 0. The van der Waals surface area contributed by atoms with E-state index < -0.39 is 5.82 Å². The molecule has 2 aromatic carbocycles. The highest BCUT2D eigenvalue weighted by Crippen LogP contribution is 2.34. The van der Waals surface area contributed by atoms with E-state index in [0.717, 1.165) is 24.8 Å². The van der Waals surface area contributed by atoms with Crippen molar-refractivity contribution in [3.63, 3.8) is 0 Å². The molecule has 5 rings (SSSR count). The smallest absolute Gasteiger partial charge is 0.254 e. The van der Waals surface area contributed by atoms with Gasteiger partial charge in [-0.1, -0.05) is 17.7 Å². The number of fused-ring (bicyclic) bond motifs is 1. The highest BCUT2D eigenvalue weighted by Gasteiger charge is 2.34. The second-order valence-corrected chi connectivity index (χ2v) is 10.7. The Bertz CT molecular complexity index is 1240. The van der Waals surface area contributed by atoms with Crippen LogP contribution in [0.15, 0.2) is 60.0 Å². The largest absolute Gasteiger partial charge is 0.491 e. The Morgan fingerprint density at radius 3 is 2.78 bits per heavy atom. The van der Waals surface area contributed by atoms with Crippen molar-refractivity contribution in [2.24, 2.45) is 0 Å². The van der Waals surface area contributed by atoms with E-state index >= 15 is 0 Å². The maximum atomic E-state index is 13.9. The van der Waals surface area contributed by atoms with Crippen LogP contribution in [0, 0.1) is 5.82 Å². The van der Waals surface area contributed by atoms with Crippen molar-refractivity contribution in [2.75, 3.05) is 32.8 Å². The molecular weight excluding hydrogens is 515 g/mol. The summed E-state index contributed by atoms with van der Waals surface area (Å²) in [5, 5.41) is 2.65. The summed E-state index contributed by atoms with van der Waals surface area (Å²) in [6, 6.07) is 14.4. The fraction of sp³-hybridized carbons (Fsp3) is 0.357. The lowest BCUT2D eigenvalue weighted by molar-refractivity contribution is -0.135. The average molecular weight is 543 g/mol. The zero-order chi connectivity index (χ0) is 25.8. The topological polar surface area (TPSA) is 59.1 Å². The first-order valence-corrected chi connectivity index (χ1v) is 13.6. The fourth-order valence-corrected chi connectivity index (χ4v) is 5.95. The summed E-state index contributed by atoms with van der Waals surface area (Å²) < 4.78 is 25.7. The molecule has 0 spiro atoms. The molecule has 2 aliphatic rings. The summed E-state index contributed by atoms with van der Waals surface area (Å²) >= 11 is 7.67. The Morgan fingerprint density at radius 1 is 1.19 bits per heavy atom. The summed E-state index contributed by atoms with van der Waals surface area (Å²) in [4.78, 5) is 31.6. The first-order chi connectivity index (χ1) is 18.0. The summed E-state index contributed by atoms with van der Waals surface area (Å²) in [6.45, 7) is 1.61. The molecule has 194 valence electrons. The van der Waals surface area contributed by atoms with Crippen molar-refractivity contribution in [2.45, 2.75) is 31.4 Å². The SMILES string of the molecule is O=C(c1cccc(F)c1)N(CC(=O)N1CCc2sccc2[C@H]1COc1ccc(Cl)cc1)C[C@H]1CCCO1. The molecule has 0 N–H and O–H groups in total. The van der Waals surface area contributed by atoms with E-state index in [-0.39, 0.29) is 49.2 Å². The molecular formula is C28H28ClFN2O4S. The van der Waals surface area contributed by atoms with E-state index in [0.29, 0.717) is 23.9 Å². The number of thiophene rings is 1. The quantitative estimate of drug-likeness (QED) is 0.384. The van der Waals surface area contributed by atoms with Crippen LogP contribution >= 0.6 is 22.9 Å². The van der Waals surface area contributed by atoms with Gasteiger partial charge in [-0.15, -0.1) is 11.3 Å². The first-order valence-electron chi connectivity index (χ1n) is 12.4. The maximum Gasteiger partial charge on any atom is 0.254 e. The van der Waals surface area contributed by atoms with Gasteiger partial charge >= 0.3 is 0 Å². The number of halogens is 2. The monoisotopic (exact) mass is 542 g/mol.